The number of rotatable bonds is 5. The summed E-state index contributed by atoms with van der Waals surface area (Å²) in [5.74, 6) is 0.608. The molecule has 0 bridgehead atoms. The average molecular weight is 299 g/mol. The zero-order valence-corrected chi connectivity index (χ0v) is 12.9. The summed E-state index contributed by atoms with van der Waals surface area (Å²) in [4.78, 5) is 2.48. The van der Waals surface area contributed by atoms with Crippen molar-refractivity contribution in [2.24, 2.45) is 0 Å². The highest BCUT2D eigenvalue weighted by molar-refractivity contribution is 7.90. The third-order valence-electron chi connectivity index (χ3n) is 3.45. The van der Waals surface area contributed by atoms with Crippen LogP contribution in [-0.2, 0) is 21.2 Å². The second kappa shape index (κ2) is 6.11. The Balaban J connectivity index is 2.16. The predicted molar refractivity (Wildman–Crippen MR) is 76.5 cm³/mol. The zero-order valence-electron chi connectivity index (χ0n) is 12.1. The molecule has 0 saturated heterocycles. The van der Waals surface area contributed by atoms with E-state index in [1.165, 1.54) is 6.26 Å². The molecule has 112 valence electrons. The topological polar surface area (TPSA) is 55.8 Å². The second-order valence-corrected chi connectivity index (χ2v) is 6.90. The van der Waals surface area contributed by atoms with E-state index in [9.17, 15) is 8.42 Å². The fraction of sp³-hybridized carbons (Fsp3) is 0.571. The highest BCUT2D eigenvalue weighted by Crippen LogP contribution is 2.29. The van der Waals surface area contributed by atoms with Crippen LogP contribution < -0.4 is 4.74 Å². The second-order valence-electron chi connectivity index (χ2n) is 4.89. The Morgan fingerprint density at radius 1 is 1.30 bits per heavy atom. The first-order chi connectivity index (χ1) is 9.44. The van der Waals surface area contributed by atoms with Crippen molar-refractivity contribution in [1.82, 2.24) is 4.90 Å². The van der Waals surface area contributed by atoms with Crippen LogP contribution in [0.4, 0.5) is 0 Å². The number of sulfone groups is 1. The summed E-state index contributed by atoms with van der Waals surface area (Å²) in [6.45, 7) is 7.15. The molecule has 0 aliphatic carbocycles. The highest BCUT2D eigenvalue weighted by Gasteiger charge is 2.23. The number of benzene rings is 1. The van der Waals surface area contributed by atoms with Crippen LogP contribution in [0.1, 0.15) is 19.4 Å². The quantitative estimate of drug-likeness (QED) is 0.828. The number of hydrogen-bond acceptors (Lipinski definition) is 5. The summed E-state index contributed by atoms with van der Waals surface area (Å²) in [5, 5.41) is 0. The van der Waals surface area contributed by atoms with Crippen LogP contribution in [0.25, 0.3) is 0 Å². The van der Waals surface area contributed by atoms with Gasteiger partial charge in [-0.3, -0.25) is 4.90 Å². The molecule has 1 aliphatic rings. The third kappa shape index (κ3) is 3.50. The third-order valence-corrected chi connectivity index (χ3v) is 4.56. The molecule has 1 aromatic rings. The van der Waals surface area contributed by atoms with Gasteiger partial charge in [-0.2, -0.15) is 0 Å². The van der Waals surface area contributed by atoms with Crippen molar-refractivity contribution in [1.29, 1.82) is 0 Å². The molecule has 1 aliphatic heterocycles. The summed E-state index contributed by atoms with van der Waals surface area (Å²) < 4.78 is 34.6. The zero-order chi connectivity index (χ0) is 14.8. The maximum absolute atomic E-state index is 11.6. The van der Waals surface area contributed by atoms with E-state index in [2.05, 4.69) is 18.7 Å². The molecule has 1 heterocycles. The Bertz CT molecular complexity index is 567. The molecule has 0 aromatic heterocycles. The van der Waals surface area contributed by atoms with E-state index >= 15 is 0 Å². The molecule has 0 N–H and O–H groups in total. The van der Waals surface area contributed by atoms with E-state index in [0.717, 1.165) is 18.7 Å². The lowest BCUT2D eigenvalue weighted by Gasteiger charge is -2.30. The molecule has 1 atom stereocenters. The molecule has 0 fully saturated rings. The first kappa shape index (κ1) is 15.3. The van der Waals surface area contributed by atoms with E-state index in [1.807, 2.05) is 0 Å². The van der Waals surface area contributed by atoms with Crippen LogP contribution in [0, 0.1) is 0 Å². The monoisotopic (exact) mass is 299 g/mol. The van der Waals surface area contributed by atoms with E-state index in [0.29, 0.717) is 18.9 Å². The smallest absolute Gasteiger partial charge is 0.213 e. The Morgan fingerprint density at radius 2 is 2.00 bits per heavy atom. The van der Waals surface area contributed by atoms with Gasteiger partial charge in [0.05, 0.1) is 18.0 Å². The van der Waals surface area contributed by atoms with Gasteiger partial charge in [0.15, 0.2) is 9.84 Å². The van der Waals surface area contributed by atoms with Gasteiger partial charge in [0.25, 0.3) is 0 Å². The Hall–Kier alpha value is -1.11. The molecule has 6 heteroatoms. The highest BCUT2D eigenvalue weighted by atomic mass is 32.2. The molecule has 20 heavy (non-hydrogen) atoms. The van der Waals surface area contributed by atoms with Gasteiger partial charge in [0, 0.05) is 11.8 Å². The van der Waals surface area contributed by atoms with E-state index in [4.69, 9.17) is 9.47 Å². The van der Waals surface area contributed by atoms with Gasteiger partial charge in [-0.15, -0.1) is 0 Å². The molecule has 0 saturated carbocycles. The van der Waals surface area contributed by atoms with Crippen LogP contribution in [0.2, 0.25) is 0 Å². The van der Waals surface area contributed by atoms with Crippen molar-refractivity contribution in [3.8, 4) is 5.75 Å². The van der Waals surface area contributed by atoms with Crippen molar-refractivity contribution in [3.63, 3.8) is 0 Å². The molecular formula is C14H21NO4S. The van der Waals surface area contributed by atoms with Gasteiger partial charge in [-0.05, 0) is 25.2 Å². The Morgan fingerprint density at radius 3 is 2.60 bits per heavy atom. The van der Waals surface area contributed by atoms with Crippen molar-refractivity contribution in [2.75, 3.05) is 25.9 Å². The molecule has 5 nitrogen and oxygen atoms in total. The maximum atomic E-state index is 11.6. The lowest BCUT2D eigenvalue weighted by Crippen LogP contribution is -2.38. The van der Waals surface area contributed by atoms with Gasteiger partial charge in [-0.25, -0.2) is 8.42 Å². The van der Waals surface area contributed by atoms with E-state index in [-0.39, 0.29) is 11.2 Å². The van der Waals surface area contributed by atoms with E-state index < -0.39 is 9.84 Å². The molecule has 0 amide bonds. The first-order valence-corrected chi connectivity index (χ1v) is 8.66. The molecule has 0 spiro atoms. The van der Waals surface area contributed by atoms with Crippen LogP contribution in [0.5, 0.6) is 5.75 Å². The fourth-order valence-electron chi connectivity index (χ4n) is 2.14. The standard InChI is InChI=1S/C14H21NO4S/c1-4-15(5-2)9-14-18-10-11-6-7-12(20(3,16)17)8-13(11)19-14/h6-8,14H,4-5,9-10H2,1-3H3. The van der Waals surface area contributed by atoms with Gasteiger partial charge >= 0.3 is 0 Å². The van der Waals surface area contributed by atoms with Gasteiger partial charge in [-0.1, -0.05) is 19.9 Å². The van der Waals surface area contributed by atoms with E-state index in [1.54, 1.807) is 18.2 Å². The minimum Gasteiger partial charge on any atom is -0.463 e. The lowest BCUT2D eigenvalue weighted by atomic mass is 10.2. The van der Waals surface area contributed by atoms with Crippen LogP contribution in [-0.4, -0.2) is 45.5 Å². The number of fused-ring (bicyclic) bond motifs is 1. The van der Waals surface area contributed by atoms with Crippen molar-refractivity contribution in [3.05, 3.63) is 23.8 Å². The molecule has 1 unspecified atom stereocenters. The van der Waals surface area contributed by atoms with Crippen molar-refractivity contribution in [2.45, 2.75) is 31.6 Å². The summed E-state index contributed by atoms with van der Waals surface area (Å²) in [6, 6.07) is 4.92. The summed E-state index contributed by atoms with van der Waals surface area (Å²) in [7, 11) is -3.22. The number of likely N-dealkylation sites (N-methyl/N-ethyl adjacent to an activating group) is 1. The summed E-state index contributed by atoms with van der Waals surface area (Å²) in [5.41, 5.74) is 0.883. The molecule has 0 radical (unpaired) electrons. The van der Waals surface area contributed by atoms with Crippen LogP contribution in [0.15, 0.2) is 23.1 Å². The van der Waals surface area contributed by atoms with Crippen LogP contribution >= 0.6 is 0 Å². The SMILES string of the molecule is CCN(CC)CC1OCc2ccc(S(C)(=O)=O)cc2O1. The molecular weight excluding hydrogens is 278 g/mol. The Kier molecular flexibility index (Phi) is 4.67. The largest absolute Gasteiger partial charge is 0.463 e. The molecule has 1 aromatic carbocycles. The van der Waals surface area contributed by atoms with Crippen molar-refractivity contribution >= 4 is 9.84 Å². The maximum Gasteiger partial charge on any atom is 0.213 e. The normalized spacial score (nSPS) is 18.7. The minimum atomic E-state index is -3.22. The summed E-state index contributed by atoms with van der Waals surface area (Å²) in [6.07, 6.45) is 0.846. The molecule has 2 rings (SSSR count). The van der Waals surface area contributed by atoms with Crippen LogP contribution in [0.3, 0.4) is 0 Å². The number of ether oxygens (including phenoxy) is 2. The summed E-state index contributed by atoms with van der Waals surface area (Å²) >= 11 is 0. The average Bonchev–Trinajstić information content (AvgIpc) is 2.43. The van der Waals surface area contributed by atoms with Gasteiger partial charge < -0.3 is 9.47 Å². The lowest BCUT2D eigenvalue weighted by molar-refractivity contribution is -0.119. The Labute approximate surface area is 120 Å². The number of hydrogen-bond donors (Lipinski definition) is 0. The minimum absolute atomic E-state index is 0.278. The van der Waals surface area contributed by atoms with Crippen molar-refractivity contribution < 1.29 is 17.9 Å². The first-order valence-electron chi connectivity index (χ1n) is 6.77. The predicted octanol–water partition coefficient (Wildman–Crippen LogP) is 1.67. The number of nitrogens with zero attached hydrogens (tertiary/aromatic N) is 1. The fourth-order valence-corrected chi connectivity index (χ4v) is 2.77. The van der Waals surface area contributed by atoms with Gasteiger partial charge in [0.1, 0.15) is 5.75 Å². The van der Waals surface area contributed by atoms with Gasteiger partial charge in [0.2, 0.25) is 6.29 Å².